The number of nitro groups is 1. The molecule has 0 spiro atoms. The van der Waals surface area contributed by atoms with Crippen LogP contribution in [0.2, 0.25) is 0 Å². The molecular weight excluding hydrogens is 303 g/mol. The lowest BCUT2D eigenvalue weighted by Gasteiger charge is -2.20. The number of methoxy groups -OCH3 is 2. The van der Waals surface area contributed by atoms with Crippen molar-refractivity contribution in [2.75, 3.05) is 34.0 Å². The van der Waals surface area contributed by atoms with Gasteiger partial charge in [0.1, 0.15) is 5.75 Å². The minimum atomic E-state index is -2.40. The Bertz CT molecular complexity index is 526. The molecule has 1 unspecified atom stereocenters. The second kappa shape index (κ2) is 7.54. The van der Waals surface area contributed by atoms with Crippen molar-refractivity contribution >= 4 is 23.9 Å². The number of hydrogen-bond acceptors (Lipinski definition) is 6. The molecule has 1 aromatic rings. The van der Waals surface area contributed by atoms with E-state index in [1.54, 1.807) is 13.8 Å². The molecule has 1 aromatic carbocycles. The molecule has 0 radical (unpaired) electrons. The van der Waals surface area contributed by atoms with Gasteiger partial charge in [-0.2, -0.15) is 0 Å². The molecule has 1 N–H and O–H groups in total. The van der Waals surface area contributed by atoms with Crippen LogP contribution in [0.3, 0.4) is 0 Å². The summed E-state index contributed by atoms with van der Waals surface area (Å²) in [4.78, 5) is 10.5. The summed E-state index contributed by atoms with van der Waals surface area (Å²) in [7, 11) is 3.05. The first-order valence-electron chi connectivity index (χ1n) is 5.73. The predicted octanol–water partition coefficient (Wildman–Crippen LogP) is 2.16. The Labute approximate surface area is 122 Å². The van der Waals surface area contributed by atoms with Crippen molar-refractivity contribution in [3.05, 3.63) is 28.3 Å². The molecule has 0 bridgehead atoms. The second-order valence-electron chi connectivity index (χ2n) is 3.93. The van der Waals surface area contributed by atoms with Gasteiger partial charge in [0.2, 0.25) is 5.75 Å². The van der Waals surface area contributed by atoms with Crippen LogP contribution in [0.1, 0.15) is 0 Å². The zero-order chi connectivity index (χ0) is 15.2. The topological polar surface area (TPSA) is 82.9 Å². The third kappa shape index (κ3) is 5.05. The molecule has 7 nitrogen and oxygen atoms in total. The molecule has 0 saturated heterocycles. The first kappa shape index (κ1) is 16.8. The number of rotatable bonds is 8. The van der Waals surface area contributed by atoms with Crippen molar-refractivity contribution in [1.29, 1.82) is 0 Å². The average Bonchev–Trinajstić information content (AvgIpc) is 2.37. The van der Waals surface area contributed by atoms with E-state index >= 15 is 0 Å². The molecule has 0 saturated carbocycles. The zero-order valence-corrected chi connectivity index (χ0v) is 13.2. The molecule has 0 aliphatic rings. The number of nitrogens with zero attached hydrogens (tertiary/aromatic N) is 1. The molecule has 0 heterocycles. The van der Waals surface area contributed by atoms with Gasteiger partial charge in [-0.1, -0.05) is 0 Å². The summed E-state index contributed by atoms with van der Waals surface area (Å²) < 4.78 is 15.6. The lowest BCUT2D eigenvalue weighted by molar-refractivity contribution is -0.385. The van der Waals surface area contributed by atoms with Gasteiger partial charge in [0.05, 0.1) is 18.6 Å². The summed E-state index contributed by atoms with van der Waals surface area (Å²) in [6.45, 7) is 2.71. The largest absolute Gasteiger partial charge is 0.497 e. The maximum absolute atomic E-state index is 11.0. The van der Waals surface area contributed by atoms with Crippen LogP contribution in [0, 0.1) is 10.1 Å². The summed E-state index contributed by atoms with van der Waals surface area (Å²) in [5.41, 5.74) is -0.143. The van der Waals surface area contributed by atoms with Crippen molar-refractivity contribution < 1.29 is 18.9 Å². The van der Waals surface area contributed by atoms with Gasteiger partial charge in [0, 0.05) is 32.5 Å². The molecule has 9 heteroatoms. The first-order chi connectivity index (χ1) is 9.39. The van der Waals surface area contributed by atoms with Crippen LogP contribution in [0.5, 0.6) is 11.5 Å². The van der Waals surface area contributed by atoms with Crippen LogP contribution in [-0.2, 0) is 16.5 Å². The van der Waals surface area contributed by atoms with Crippen molar-refractivity contribution in [2.45, 2.75) is 0 Å². The van der Waals surface area contributed by atoms with E-state index in [1.807, 2.05) is 0 Å². The molecule has 0 aliphatic carbocycles. The van der Waals surface area contributed by atoms with Gasteiger partial charge in [0.25, 0.3) is 0 Å². The quantitative estimate of drug-likeness (QED) is 0.340. The molecule has 20 heavy (non-hydrogen) atoms. The van der Waals surface area contributed by atoms with Crippen molar-refractivity contribution in [2.24, 2.45) is 0 Å². The SMILES string of the molecule is COCCNP(C)(=S)Oc1cc(OC)ccc1[N+](=O)[O-]. The van der Waals surface area contributed by atoms with Gasteiger partial charge in [0.15, 0.2) is 6.42 Å². The summed E-state index contributed by atoms with van der Waals surface area (Å²) in [5.74, 6) is 0.572. The fourth-order valence-electron chi connectivity index (χ4n) is 1.42. The van der Waals surface area contributed by atoms with E-state index in [-0.39, 0.29) is 11.4 Å². The van der Waals surface area contributed by atoms with E-state index in [4.69, 9.17) is 25.8 Å². The Morgan fingerprint density at radius 2 is 2.15 bits per heavy atom. The standard InChI is InChI=1S/C11H17N2O5PS/c1-16-7-6-12-19(3,20)18-11-8-9(17-2)4-5-10(11)13(14)15/h4-5,8H,6-7H2,1-3H3,(H,12,20). The van der Waals surface area contributed by atoms with E-state index in [2.05, 4.69) is 5.09 Å². The number of benzene rings is 1. The van der Waals surface area contributed by atoms with Crippen LogP contribution < -0.4 is 14.3 Å². The smallest absolute Gasteiger partial charge is 0.311 e. The molecule has 0 aromatic heterocycles. The Kier molecular flexibility index (Phi) is 6.35. The van der Waals surface area contributed by atoms with Gasteiger partial charge < -0.3 is 14.0 Å². The average molecular weight is 320 g/mol. The highest BCUT2D eigenvalue weighted by molar-refractivity contribution is 8.11. The third-order valence-corrected chi connectivity index (χ3v) is 4.30. The van der Waals surface area contributed by atoms with Gasteiger partial charge >= 0.3 is 5.69 Å². The first-order valence-corrected chi connectivity index (χ1v) is 8.90. The van der Waals surface area contributed by atoms with E-state index in [0.717, 1.165) is 0 Å². The molecule has 0 aliphatic heterocycles. The molecular formula is C11H17N2O5PS. The lowest BCUT2D eigenvalue weighted by atomic mass is 10.3. The highest BCUT2D eigenvalue weighted by Crippen LogP contribution is 2.43. The van der Waals surface area contributed by atoms with Crippen LogP contribution in [0.25, 0.3) is 0 Å². The maximum Gasteiger partial charge on any atom is 0.311 e. The summed E-state index contributed by atoms with van der Waals surface area (Å²) in [6.07, 6.45) is -2.40. The number of nitro benzene ring substituents is 1. The highest BCUT2D eigenvalue weighted by atomic mass is 32.4. The monoisotopic (exact) mass is 320 g/mol. The number of hydrogen-bond donors (Lipinski definition) is 1. The van der Waals surface area contributed by atoms with E-state index < -0.39 is 11.3 Å². The minimum absolute atomic E-state index is 0.102. The maximum atomic E-state index is 11.0. The Balaban J connectivity index is 2.93. The van der Waals surface area contributed by atoms with Crippen LogP contribution >= 0.6 is 6.42 Å². The predicted molar refractivity (Wildman–Crippen MR) is 80.4 cm³/mol. The summed E-state index contributed by atoms with van der Waals surface area (Å²) in [5, 5.41) is 14.0. The van der Waals surface area contributed by atoms with Gasteiger partial charge in [-0.05, 0) is 17.9 Å². The van der Waals surface area contributed by atoms with Crippen LogP contribution in [0.4, 0.5) is 5.69 Å². The van der Waals surface area contributed by atoms with Gasteiger partial charge in [-0.15, -0.1) is 0 Å². The molecule has 0 amide bonds. The van der Waals surface area contributed by atoms with Crippen molar-refractivity contribution in [1.82, 2.24) is 5.09 Å². The van der Waals surface area contributed by atoms with Gasteiger partial charge in [-0.25, -0.2) is 0 Å². The number of ether oxygens (including phenoxy) is 2. The van der Waals surface area contributed by atoms with Crippen molar-refractivity contribution in [3.63, 3.8) is 0 Å². The molecule has 112 valence electrons. The lowest BCUT2D eigenvalue weighted by Crippen LogP contribution is -2.18. The van der Waals surface area contributed by atoms with E-state index in [9.17, 15) is 10.1 Å². The van der Waals surface area contributed by atoms with Crippen LogP contribution in [0.15, 0.2) is 18.2 Å². The second-order valence-corrected chi connectivity index (χ2v) is 8.21. The zero-order valence-electron chi connectivity index (χ0n) is 11.5. The van der Waals surface area contributed by atoms with Gasteiger partial charge in [-0.3, -0.25) is 15.2 Å². The molecule has 1 atom stereocenters. The van der Waals surface area contributed by atoms with Crippen molar-refractivity contribution in [3.8, 4) is 11.5 Å². The summed E-state index contributed by atoms with van der Waals surface area (Å²) >= 11 is 5.32. The normalized spacial score (nSPS) is 13.6. The summed E-state index contributed by atoms with van der Waals surface area (Å²) in [6, 6.07) is 4.29. The molecule has 0 fully saturated rings. The van der Waals surface area contributed by atoms with E-state index in [1.165, 1.54) is 25.3 Å². The third-order valence-electron chi connectivity index (χ3n) is 2.34. The number of nitrogens with one attached hydrogen (secondary N) is 1. The van der Waals surface area contributed by atoms with Crippen LogP contribution in [-0.4, -0.2) is 39.0 Å². The Morgan fingerprint density at radius 1 is 1.45 bits per heavy atom. The minimum Gasteiger partial charge on any atom is -0.497 e. The molecule has 1 rings (SSSR count). The fourth-order valence-corrected chi connectivity index (χ4v) is 3.01. The van der Waals surface area contributed by atoms with E-state index in [0.29, 0.717) is 18.9 Å². The highest BCUT2D eigenvalue weighted by Gasteiger charge is 2.21. The Hall–Kier alpha value is -1.21. The fraction of sp³-hybridized carbons (Fsp3) is 0.455. The Morgan fingerprint density at radius 3 is 2.70 bits per heavy atom.